The molecule has 0 saturated heterocycles. The molecule has 0 spiro atoms. The Morgan fingerprint density at radius 1 is 1.31 bits per heavy atom. The minimum atomic E-state index is -4.33. The third-order valence-corrected chi connectivity index (χ3v) is 0.274. The molecule has 0 heterocycles. The fourth-order valence-corrected chi connectivity index (χ4v) is 0. The molecule has 0 aliphatic rings. The minimum Gasteiger partial charge on any atom is -0.780 e. The van der Waals surface area contributed by atoms with Crippen LogP contribution in [-0.2, 0) is 25.1 Å². The van der Waals surface area contributed by atoms with Crippen LogP contribution < -0.4 is 59.1 Å². The van der Waals surface area contributed by atoms with Crippen LogP contribution in [0.3, 0.4) is 0 Å². The summed E-state index contributed by atoms with van der Waals surface area (Å²) < 4.78 is 26.7. The van der Waals surface area contributed by atoms with E-state index in [9.17, 15) is 0 Å². The predicted octanol–water partition coefficient (Wildman–Crippen LogP) is -5.72. The van der Waals surface area contributed by atoms with Crippen LogP contribution in [0.15, 0.2) is 0 Å². The van der Waals surface area contributed by atoms with Crippen LogP contribution in [0.25, 0.3) is 0 Å². The van der Waals surface area contributed by atoms with E-state index in [-0.39, 0.29) is 59.1 Å². The quantitative estimate of drug-likeness (QED) is 0.261. The molecule has 0 bridgehead atoms. The second-order valence-electron chi connectivity index (χ2n) is 2.61. The first-order valence-corrected chi connectivity index (χ1v) is 4.89. The van der Waals surface area contributed by atoms with Crippen molar-refractivity contribution in [2.45, 2.75) is 26.4 Å². The Morgan fingerprint density at radius 3 is 1.38 bits per heavy atom. The van der Waals surface area contributed by atoms with Crippen LogP contribution in [0.5, 0.6) is 0 Å². The van der Waals surface area contributed by atoms with Gasteiger partial charge in [-0.3, -0.25) is 9.47 Å². The third-order valence-electron chi connectivity index (χ3n) is 0.274. The Balaban J connectivity index is -0.0000000546. The molecular formula is C4H10Na2O5S2. The zero-order chi connectivity index (χ0) is 9.71. The second-order valence-corrected chi connectivity index (χ2v) is 4.65. The molecule has 0 rings (SSSR count). The molecule has 0 amide bonds. The summed E-state index contributed by atoms with van der Waals surface area (Å²) >= 11 is 3.24. The topological polar surface area (TPSA) is 92.7 Å². The van der Waals surface area contributed by atoms with Crippen molar-refractivity contribution in [3.05, 3.63) is 0 Å². The van der Waals surface area contributed by atoms with Gasteiger partial charge in [0.2, 0.25) is 0 Å². The largest absolute Gasteiger partial charge is 1.00 e. The van der Waals surface area contributed by atoms with Crippen molar-refractivity contribution in [1.82, 2.24) is 0 Å². The molecule has 0 radical (unpaired) electrons. The average molecular weight is 248 g/mol. The van der Waals surface area contributed by atoms with Crippen molar-refractivity contribution >= 4 is 20.2 Å². The van der Waals surface area contributed by atoms with Gasteiger partial charge in [-0.1, -0.05) is 0 Å². The fourth-order valence-electron chi connectivity index (χ4n) is 0. The van der Waals surface area contributed by atoms with E-state index in [1.54, 1.807) is 20.8 Å². The normalized spacial score (nSPS) is 10.0. The van der Waals surface area contributed by atoms with Gasteiger partial charge in [0.15, 0.2) is 0 Å². The summed E-state index contributed by atoms with van der Waals surface area (Å²) in [5.41, 5.74) is -0.403. The maximum absolute atomic E-state index is 8.89. The molecule has 1 N–H and O–H groups in total. The van der Waals surface area contributed by atoms with Gasteiger partial charge >= 0.3 is 59.1 Å². The predicted molar refractivity (Wildman–Crippen MR) is 40.5 cm³/mol. The summed E-state index contributed by atoms with van der Waals surface area (Å²) in [7, 11) is -4.33. The van der Waals surface area contributed by atoms with E-state index in [0.717, 1.165) is 0 Å². The molecule has 0 aliphatic carbocycles. The fraction of sp³-hybridized carbons (Fsp3) is 1.00. The van der Waals surface area contributed by atoms with Crippen molar-refractivity contribution in [3.8, 4) is 0 Å². The first kappa shape index (κ1) is 24.4. The maximum Gasteiger partial charge on any atom is 1.00 e. The minimum absolute atomic E-state index is 0. The first-order valence-electron chi connectivity index (χ1n) is 2.55. The van der Waals surface area contributed by atoms with Gasteiger partial charge in [-0.05, 0) is 32.0 Å². The van der Waals surface area contributed by atoms with Crippen LogP contribution >= 0.6 is 0 Å². The smallest absolute Gasteiger partial charge is 0.780 e. The van der Waals surface area contributed by atoms with Crippen LogP contribution in [0.4, 0.5) is 0 Å². The van der Waals surface area contributed by atoms with Gasteiger partial charge in [0.1, 0.15) is 0 Å². The van der Waals surface area contributed by atoms with Gasteiger partial charge in [-0.25, -0.2) is 4.89 Å². The number of rotatable bonds is 0. The summed E-state index contributed by atoms with van der Waals surface area (Å²) in [4.78, 5) is 3.94. The Hall–Kier alpha value is 2.21. The SMILES string of the molecule is CC(C)(C)OO.O=S([O-])([O-])=S.[Na+].[Na+]. The van der Waals surface area contributed by atoms with E-state index < -0.39 is 14.7 Å². The van der Waals surface area contributed by atoms with Crippen molar-refractivity contribution in [2.75, 3.05) is 0 Å². The average Bonchev–Trinajstić information content (AvgIpc) is 1.59. The molecule has 0 unspecified atom stereocenters. The van der Waals surface area contributed by atoms with Gasteiger partial charge in [-0.15, -0.1) is 9.05 Å². The summed E-state index contributed by atoms with van der Waals surface area (Å²) in [5, 5.41) is 7.90. The summed E-state index contributed by atoms with van der Waals surface area (Å²) in [5.74, 6) is 0. The van der Waals surface area contributed by atoms with Crippen LogP contribution in [-0.4, -0.2) is 24.2 Å². The zero-order valence-electron chi connectivity index (χ0n) is 8.40. The number of hydrogen-bond acceptors (Lipinski definition) is 6. The molecule has 0 aliphatic heterocycles. The zero-order valence-corrected chi connectivity index (χ0v) is 14.0. The van der Waals surface area contributed by atoms with E-state index in [0.29, 0.717) is 0 Å². The molecule has 70 valence electrons. The Kier molecular flexibility index (Phi) is 20.2. The third kappa shape index (κ3) is 78.0. The molecule has 0 aromatic carbocycles. The molecule has 0 aromatic heterocycles. The van der Waals surface area contributed by atoms with Gasteiger partial charge < -0.3 is 9.11 Å². The van der Waals surface area contributed by atoms with E-state index in [4.69, 9.17) is 18.6 Å². The summed E-state index contributed by atoms with van der Waals surface area (Å²) in [6.07, 6.45) is 0. The molecule has 0 fully saturated rings. The summed E-state index contributed by atoms with van der Waals surface area (Å²) in [6, 6.07) is 0. The van der Waals surface area contributed by atoms with Crippen LogP contribution in [0.1, 0.15) is 20.8 Å². The molecule has 0 saturated carbocycles. The van der Waals surface area contributed by atoms with E-state index >= 15 is 0 Å². The summed E-state index contributed by atoms with van der Waals surface area (Å²) in [6.45, 7) is 5.31. The van der Waals surface area contributed by atoms with Gasteiger partial charge in [-0.2, -0.15) is 0 Å². The Morgan fingerprint density at radius 2 is 1.38 bits per heavy atom. The number of hydrogen-bond donors (Lipinski definition) is 1. The molecule has 5 nitrogen and oxygen atoms in total. The van der Waals surface area contributed by atoms with Crippen LogP contribution in [0.2, 0.25) is 0 Å². The standard InChI is InChI=1S/C4H10O2.2Na.H2O3S2/c1-4(2,3)6-5;;;1-5(2,3)4/h5H,1-3H3;;;(H2,1,2,3,4)/q;2*+1;/p-2. The maximum atomic E-state index is 8.89. The van der Waals surface area contributed by atoms with Gasteiger partial charge in [0.25, 0.3) is 0 Å². The second kappa shape index (κ2) is 10.7. The van der Waals surface area contributed by atoms with Gasteiger partial charge in [0, 0.05) is 0 Å². The van der Waals surface area contributed by atoms with E-state index in [1.807, 2.05) is 0 Å². The molecular weight excluding hydrogens is 238 g/mol. The molecule has 9 heteroatoms. The van der Waals surface area contributed by atoms with E-state index in [2.05, 4.69) is 16.1 Å². The molecule has 0 atom stereocenters. The van der Waals surface area contributed by atoms with Crippen molar-refractivity contribution in [1.29, 1.82) is 0 Å². The molecule has 0 aromatic rings. The monoisotopic (exact) mass is 248 g/mol. The van der Waals surface area contributed by atoms with E-state index in [1.165, 1.54) is 0 Å². The van der Waals surface area contributed by atoms with Crippen molar-refractivity contribution in [2.24, 2.45) is 0 Å². The van der Waals surface area contributed by atoms with Crippen LogP contribution in [0, 0.1) is 0 Å². The first-order chi connectivity index (χ1) is 4.56. The van der Waals surface area contributed by atoms with Crippen molar-refractivity contribution < 1.29 is 82.6 Å². The van der Waals surface area contributed by atoms with Gasteiger partial charge in [0.05, 0.1) is 5.60 Å². The molecule has 13 heavy (non-hydrogen) atoms. The van der Waals surface area contributed by atoms with Crippen molar-refractivity contribution in [3.63, 3.8) is 0 Å². The Labute approximate surface area is 127 Å². The Bertz CT molecular complexity index is 177.